The highest BCUT2D eigenvalue weighted by molar-refractivity contribution is 6.32. The maximum atomic E-state index is 6.08. The Kier molecular flexibility index (Phi) is 3.48. The number of aromatic amines is 1. The van der Waals surface area contributed by atoms with Crippen molar-refractivity contribution in [3.05, 3.63) is 53.2 Å². The fourth-order valence-corrected chi connectivity index (χ4v) is 2.25. The molecule has 0 atom stereocenters. The van der Waals surface area contributed by atoms with Crippen LogP contribution in [0.4, 0.5) is 0 Å². The Morgan fingerprint density at radius 2 is 2.10 bits per heavy atom. The monoisotopic (exact) mass is 288 g/mol. The average molecular weight is 289 g/mol. The van der Waals surface area contributed by atoms with Crippen molar-refractivity contribution in [1.29, 1.82) is 0 Å². The summed E-state index contributed by atoms with van der Waals surface area (Å²) in [7, 11) is 1.59. The summed E-state index contributed by atoms with van der Waals surface area (Å²) >= 11 is 6.08. The second-order valence-corrected chi connectivity index (χ2v) is 4.78. The van der Waals surface area contributed by atoms with Crippen LogP contribution < -0.4 is 9.47 Å². The fraction of sp³-hybridized carbons (Fsp3) is 0.133. The predicted octanol–water partition coefficient (Wildman–Crippen LogP) is 3.80. The lowest BCUT2D eigenvalue weighted by molar-refractivity contribution is 0.306. The van der Waals surface area contributed by atoms with Crippen molar-refractivity contribution in [3.63, 3.8) is 0 Å². The van der Waals surface area contributed by atoms with Crippen LogP contribution in [0.25, 0.3) is 10.9 Å². The largest absolute Gasteiger partial charge is 0.495 e. The highest BCUT2D eigenvalue weighted by Crippen LogP contribution is 2.26. The summed E-state index contributed by atoms with van der Waals surface area (Å²) in [6.07, 6.45) is 1.78. The normalized spacial score (nSPS) is 10.7. The third-order valence-corrected chi connectivity index (χ3v) is 3.33. The van der Waals surface area contributed by atoms with Gasteiger partial charge in [0.1, 0.15) is 18.1 Å². The van der Waals surface area contributed by atoms with Crippen molar-refractivity contribution in [1.82, 2.24) is 10.2 Å². The standard InChI is InChI=1S/C15H13ClN2O2/c1-19-15-5-2-10(6-13(15)16)9-20-12-4-3-11-8-17-18-14(11)7-12/h2-8H,9H2,1H3,(H,17,18). The fourth-order valence-electron chi connectivity index (χ4n) is 1.97. The first-order chi connectivity index (χ1) is 9.76. The van der Waals surface area contributed by atoms with Crippen LogP contribution in [0.15, 0.2) is 42.6 Å². The Bertz CT molecular complexity index is 740. The Morgan fingerprint density at radius 1 is 1.20 bits per heavy atom. The number of ether oxygens (including phenoxy) is 2. The number of nitrogens with one attached hydrogen (secondary N) is 1. The molecule has 0 saturated carbocycles. The summed E-state index contributed by atoms with van der Waals surface area (Å²) < 4.78 is 10.9. The Hall–Kier alpha value is -2.20. The summed E-state index contributed by atoms with van der Waals surface area (Å²) in [6.45, 7) is 0.448. The Labute approximate surface area is 121 Å². The molecule has 0 amide bonds. The number of benzene rings is 2. The molecule has 0 unspecified atom stereocenters. The van der Waals surface area contributed by atoms with Crippen LogP contribution in [-0.2, 0) is 6.61 Å². The number of methoxy groups -OCH3 is 1. The van der Waals surface area contributed by atoms with Gasteiger partial charge in [-0.2, -0.15) is 5.10 Å². The van der Waals surface area contributed by atoms with E-state index in [0.717, 1.165) is 22.2 Å². The molecule has 3 aromatic rings. The summed E-state index contributed by atoms with van der Waals surface area (Å²) in [6, 6.07) is 11.4. The van der Waals surface area contributed by atoms with Gasteiger partial charge < -0.3 is 9.47 Å². The summed E-state index contributed by atoms with van der Waals surface area (Å²) in [4.78, 5) is 0. The first kappa shape index (κ1) is 12.8. The van der Waals surface area contributed by atoms with E-state index in [0.29, 0.717) is 17.4 Å². The van der Waals surface area contributed by atoms with Crippen LogP contribution in [0.2, 0.25) is 5.02 Å². The third-order valence-electron chi connectivity index (χ3n) is 3.04. The van der Waals surface area contributed by atoms with Crippen molar-refractivity contribution < 1.29 is 9.47 Å². The number of hydrogen-bond donors (Lipinski definition) is 1. The van der Waals surface area contributed by atoms with E-state index in [4.69, 9.17) is 21.1 Å². The second kappa shape index (κ2) is 5.43. The van der Waals surface area contributed by atoms with E-state index in [1.165, 1.54) is 0 Å². The van der Waals surface area contributed by atoms with E-state index in [1.807, 2.05) is 36.4 Å². The number of hydrogen-bond acceptors (Lipinski definition) is 3. The van der Waals surface area contributed by atoms with Crippen LogP contribution in [0.1, 0.15) is 5.56 Å². The molecule has 0 spiro atoms. The first-order valence-electron chi connectivity index (χ1n) is 6.14. The summed E-state index contributed by atoms with van der Waals surface area (Å²) in [5, 5.41) is 8.54. The molecule has 0 fully saturated rings. The van der Waals surface area contributed by atoms with Crippen LogP contribution in [0, 0.1) is 0 Å². The second-order valence-electron chi connectivity index (χ2n) is 4.38. The highest BCUT2D eigenvalue weighted by Gasteiger charge is 2.03. The number of halogens is 1. The van der Waals surface area contributed by atoms with Gasteiger partial charge in [-0.15, -0.1) is 0 Å². The van der Waals surface area contributed by atoms with Gasteiger partial charge in [0.05, 0.1) is 23.8 Å². The highest BCUT2D eigenvalue weighted by atomic mass is 35.5. The topological polar surface area (TPSA) is 47.1 Å². The first-order valence-corrected chi connectivity index (χ1v) is 6.52. The zero-order valence-corrected chi connectivity index (χ0v) is 11.6. The summed E-state index contributed by atoms with van der Waals surface area (Å²) in [5.74, 6) is 1.45. The predicted molar refractivity (Wildman–Crippen MR) is 78.4 cm³/mol. The van der Waals surface area contributed by atoms with Gasteiger partial charge in [0.15, 0.2) is 0 Å². The SMILES string of the molecule is COc1ccc(COc2ccc3cn[nH]c3c2)cc1Cl. The van der Waals surface area contributed by atoms with Gasteiger partial charge in [0.25, 0.3) is 0 Å². The minimum atomic E-state index is 0.448. The molecule has 5 heteroatoms. The molecule has 0 radical (unpaired) electrons. The van der Waals surface area contributed by atoms with Crippen LogP contribution in [0.3, 0.4) is 0 Å². The number of rotatable bonds is 4. The minimum absolute atomic E-state index is 0.448. The van der Waals surface area contributed by atoms with Crippen LogP contribution in [-0.4, -0.2) is 17.3 Å². The van der Waals surface area contributed by atoms with Gasteiger partial charge in [-0.05, 0) is 29.8 Å². The van der Waals surface area contributed by atoms with Gasteiger partial charge in [-0.3, -0.25) is 5.10 Å². The minimum Gasteiger partial charge on any atom is -0.495 e. The molecule has 0 bridgehead atoms. The zero-order valence-electron chi connectivity index (χ0n) is 10.9. The van der Waals surface area contributed by atoms with Crippen molar-refractivity contribution in [2.45, 2.75) is 6.61 Å². The lowest BCUT2D eigenvalue weighted by Crippen LogP contribution is -1.96. The zero-order chi connectivity index (χ0) is 13.9. The molecule has 3 rings (SSSR count). The summed E-state index contributed by atoms with van der Waals surface area (Å²) in [5.41, 5.74) is 1.94. The number of nitrogens with zero attached hydrogens (tertiary/aromatic N) is 1. The van der Waals surface area contributed by atoms with Crippen molar-refractivity contribution in [2.24, 2.45) is 0 Å². The van der Waals surface area contributed by atoms with Gasteiger partial charge in [0.2, 0.25) is 0 Å². The van der Waals surface area contributed by atoms with Crippen molar-refractivity contribution in [3.8, 4) is 11.5 Å². The number of H-pyrrole nitrogens is 1. The third kappa shape index (κ3) is 2.56. The molecule has 1 aromatic heterocycles. The molecule has 4 nitrogen and oxygen atoms in total. The Morgan fingerprint density at radius 3 is 2.90 bits per heavy atom. The van der Waals surface area contributed by atoms with Gasteiger partial charge in [-0.1, -0.05) is 17.7 Å². The lowest BCUT2D eigenvalue weighted by atomic mass is 10.2. The molecule has 2 aromatic carbocycles. The maximum absolute atomic E-state index is 6.08. The van der Waals surface area contributed by atoms with Crippen molar-refractivity contribution in [2.75, 3.05) is 7.11 Å². The van der Waals surface area contributed by atoms with E-state index in [9.17, 15) is 0 Å². The van der Waals surface area contributed by atoms with Gasteiger partial charge in [-0.25, -0.2) is 0 Å². The molecular weight excluding hydrogens is 276 g/mol. The molecule has 0 aliphatic carbocycles. The maximum Gasteiger partial charge on any atom is 0.137 e. The van der Waals surface area contributed by atoms with Gasteiger partial charge in [0, 0.05) is 11.5 Å². The van der Waals surface area contributed by atoms with Crippen molar-refractivity contribution >= 4 is 22.5 Å². The molecule has 1 heterocycles. The van der Waals surface area contributed by atoms with Crippen LogP contribution >= 0.6 is 11.6 Å². The Balaban J connectivity index is 1.73. The molecule has 1 N–H and O–H groups in total. The smallest absolute Gasteiger partial charge is 0.137 e. The van der Waals surface area contributed by atoms with E-state index in [-0.39, 0.29) is 0 Å². The van der Waals surface area contributed by atoms with Gasteiger partial charge >= 0.3 is 0 Å². The molecule has 0 saturated heterocycles. The van der Waals surface area contributed by atoms with E-state index < -0.39 is 0 Å². The molecule has 20 heavy (non-hydrogen) atoms. The molecular formula is C15H13ClN2O2. The van der Waals surface area contributed by atoms with E-state index >= 15 is 0 Å². The van der Waals surface area contributed by atoms with Crippen LogP contribution in [0.5, 0.6) is 11.5 Å². The number of aromatic nitrogens is 2. The molecule has 102 valence electrons. The van der Waals surface area contributed by atoms with E-state index in [2.05, 4.69) is 10.2 Å². The van der Waals surface area contributed by atoms with E-state index in [1.54, 1.807) is 13.3 Å². The molecule has 0 aliphatic rings. The molecule has 0 aliphatic heterocycles. The lowest BCUT2D eigenvalue weighted by Gasteiger charge is -2.08. The number of fused-ring (bicyclic) bond motifs is 1. The average Bonchev–Trinajstić information content (AvgIpc) is 2.92. The quantitative estimate of drug-likeness (QED) is 0.794.